The van der Waals surface area contributed by atoms with Crippen molar-refractivity contribution in [1.29, 1.82) is 0 Å². The van der Waals surface area contributed by atoms with E-state index in [2.05, 4.69) is 26.2 Å². The molecule has 0 atom stereocenters. The van der Waals surface area contributed by atoms with Crippen LogP contribution in [0.15, 0.2) is 41.4 Å². The topological polar surface area (TPSA) is 84.3 Å². The predicted octanol–water partition coefficient (Wildman–Crippen LogP) is 2.23. The summed E-state index contributed by atoms with van der Waals surface area (Å²) in [7, 11) is 0. The van der Waals surface area contributed by atoms with Crippen LogP contribution in [0.2, 0.25) is 0 Å². The molecule has 0 spiro atoms. The number of carbonyl (C=O) groups is 3. The molecule has 1 aliphatic rings. The van der Waals surface area contributed by atoms with E-state index in [-0.39, 0.29) is 30.7 Å². The maximum absolute atomic E-state index is 12.3. The van der Waals surface area contributed by atoms with Crippen molar-refractivity contribution in [2.75, 3.05) is 13.1 Å². The first-order valence-electron chi connectivity index (χ1n) is 8.44. The molecule has 7 nitrogen and oxygen atoms in total. The Morgan fingerprint density at radius 2 is 1.92 bits per heavy atom. The minimum Gasteiger partial charge on any atom is -0.356 e. The number of aromatic nitrogens is 2. The fourth-order valence-corrected chi connectivity index (χ4v) is 3.22. The second kappa shape index (κ2) is 8.27. The molecule has 1 aliphatic heterocycles. The van der Waals surface area contributed by atoms with E-state index >= 15 is 0 Å². The summed E-state index contributed by atoms with van der Waals surface area (Å²) in [4.78, 5) is 41.7. The first-order chi connectivity index (χ1) is 12.6. The van der Waals surface area contributed by atoms with Crippen LogP contribution in [-0.2, 0) is 11.3 Å². The number of benzene rings is 1. The molecule has 0 fully saturated rings. The number of halogens is 1. The second-order valence-corrected chi connectivity index (χ2v) is 6.98. The van der Waals surface area contributed by atoms with Gasteiger partial charge in [0, 0.05) is 42.9 Å². The summed E-state index contributed by atoms with van der Waals surface area (Å²) in [5.74, 6) is -0.666. The minimum atomic E-state index is -0.299. The number of imide groups is 1. The summed E-state index contributed by atoms with van der Waals surface area (Å²) >= 11 is 3.31. The average molecular weight is 419 g/mol. The van der Waals surface area contributed by atoms with E-state index in [4.69, 9.17) is 0 Å². The van der Waals surface area contributed by atoms with Crippen molar-refractivity contribution in [3.05, 3.63) is 52.5 Å². The van der Waals surface area contributed by atoms with Crippen molar-refractivity contribution < 1.29 is 14.4 Å². The molecule has 0 bridgehead atoms. The number of carbonyl (C=O) groups excluding carboxylic acids is 3. The fourth-order valence-electron chi connectivity index (χ4n) is 2.86. The predicted molar refractivity (Wildman–Crippen MR) is 98.6 cm³/mol. The summed E-state index contributed by atoms with van der Waals surface area (Å²) in [6, 6.07) is 5.04. The second-order valence-electron chi connectivity index (χ2n) is 6.06. The molecule has 0 saturated carbocycles. The standard InChI is InChI=1S/C18H19BrN4O3/c19-13-4-5-14-15(11-13)18(26)23(17(14)25)9-1-3-16(24)21-6-2-8-22-10-7-20-12-22/h4-5,7,10-12H,1-3,6,8-9H2,(H,21,24). The maximum Gasteiger partial charge on any atom is 0.261 e. The lowest BCUT2D eigenvalue weighted by Crippen LogP contribution is -2.32. The highest BCUT2D eigenvalue weighted by atomic mass is 79.9. The van der Waals surface area contributed by atoms with Gasteiger partial charge in [-0.1, -0.05) is 15.9 Å². The molecular formula is C18H19BrN4O3. The van der Waals surface area contributed by atoms with E-state index in [0.717, 1.165) is 17.4 Å². The third kappa shape index (κ3) is 4.19. The number of nitrogens with one attached hydrogen (secondary N) is 1. The molecule has 8 heteroatoms. The van der Waals surface area contributed by atoms with Crippen molar-refractivity contribution in [1.82, 2.24) is 19.8 Å². The van der Waals surface area contributed by atoms with Crippen molar-refractivity contribution in [3.63, 3.8) is 0 Å². The largest absolute Gasteiger partial charge is 0.356 e. The number of amides is 3. The van der Waals surface area contributed by atoms with Crippen LogP contribution in [0.4, 0.5) is 0 Å². The maximum atomic E-state index is 12.3. The van der Waals surface area contributed by atoms with Crippen LogP contribution in [0.25, 0.3) is 0 Å². The van der Waals surface area contributed by atoms with Crippen molar-refractivity contribution in [3.8, 4) is 0 Å². The third-order valence-corrected chi connectivity index (χ3v) is 4.69. The van der Waals surface area contributed by atoms with Gasteiger partial charge in [-0.2, -0.15) is 0 Å². The number of hydrogen-bond acceptors (Lipinski definition) is 4. The number of imidazole rings is 1. The summed E-state index contributed by atoms with van der Waals surface area (Å²) in [5.41, 5.74) is 0.829. The van der Waals surface area contributed by atoms with Gasteiger partial charge in [0.2, 0.25) is 5.91 Å². The van der Waals surface area contributed by atoms with Gasteiger partial charge >= 0.3 is 0 Å². The minimum absolute atomic E-state index is 0.0741. The van der Waals surface area contributed by atoms with Crippen LogP contribution in [0, 0.1) is 0 Å². The molecule has 1 aromatic carbocycles. The molecule has 0 unspecified atom stereocenters. The van der Waals surface area contributed by atoms with Gasteiger partial charge < -0.3 is 9.88 Å². The first-order valence-corrected chi connectivity index (χ1v) is 9.24. The quantitative estimate of drug-likeness (QED) is 0.526. The van der Waals surface area contributed by atoms with Crippen LogP contribution >= 0.6 is 15.9 Å². The third-order valence-electron chi connectivity index (χ3n) is 4.19. The Balaban J connectivity index is 1.39. The van der Waals surface area contributed by atoms with Gasteiger partial charge in [-0.15, -0.1) is 0 Å². The summed E-state index contributed by atoms with van der Waals surface area (Å²) in [6.45, 7) is 1.62. The van der Waals surface area contributed by atoms with Gasteiger partial charge in [0.15, 0.2) is 0 Å². The molecule has 0 saturated heterocycles. The molecule has 2 aromatic rings. The van der Waals surface area contributed by atoms with Gasteiger partial charge in [0.25, 0.3) is 11.8 Å². The Labute approximate surface area is 159 Å². The first kappa shape index (κ1) is 18.3. The van der Waals surface area contributed by atoms with Gasteiger partial charge in [-0.25, -0.2) is 4.98 Å². The molecule has 26 heavy (non-hydrogen) atoms. The monoisotopic (exact) mass is 418 g/mol. The number of fused-ring (bicyclic) bond motifs is 1. The molecule has 136 valence electrons. The summed E-state index contributed by atoms with van der Waals surface area (Å²) in [5, 5.41) is 2.85. The SMILES string of the molecule is O=C(CCCN1C(=O)c2ccc(Br)cc2C1=O)NCCCn1ccnc1. The number of hydrogen-bond donors (Lipinski definition) is 1. The Bertz CT molecular complexity index is 820. The zero-order chi connectivity index (χ0) is 18.5. The highest BCUT2D eigenvalue weighted by molar-refractivity contribution is 9.10. The number of rotatable bonds is 8. The van der Waals surface area contributed by atoms with Crippen LogP contribution in [0.3, 0.4) is 0 Å². The Kier molecular flexibility index (Phi) is 5.82. The summed E-state index contributed by atoms with van der Waals surface area (Å²) < 4.78 is 2.71. The average Bonchev–Trinajstić information content (AvgIpc) is 3.21. The Morgan fingerprint density at radius 1 is 1.12 bits per heavy atom. The molecule has 3 rings (SSSR count). The van der Waals surface area contributed by atoms with E-state index in [1.165, 1.54) is 4.90 Å². The van der Waals surface area contributed by atoms with Gasteiger partial charge in [0.05, 0.1) is 17.5 Å². The number of nitrogens with zero attached hydrogens (tertiary/aromatic N) is 3. The zero-order valence-electron chi connectivity index (χ0n) is 14.2. The lowest BCUT2D eigenvalue weighted by atomic mass is 10.1. The molecule has 2 heterocycles. The van der Waals surface area contributed by atoms with Crippen LogP contribution in [0.1, 0.15) is 40.0 Å². The van der Waals surface area contributed by atoms with Gasteiger partial charge in [-0.3, -0.25) is 19.3 Å². The van der Waals surface area contributed by atoms with E-state index < -0.39 is 0 Å². The molecule has 3 amide bonds. The van der Waals surface area contributed by atoms with Crippen LogP contribution in [0.5, 0.6) is 0 Å². The fraction of sp³-hybridized carbons (Fsp3) is 0.333. The Hall–Kier alpha value is -2.48. The van der Waals surface area contributed by atoms with Crippen LogP contribution in [-0.4, -0.2) is 45.3 Å². The van der Waals surface area contributed by atoms with Crippen LogP contribution < -0.4 is 5.32 Å². The zero-order valence-corrected chi connectivity index (χ0v) is 15.7. The lowest BCUT2D eigenvalue weighted by molar-refractivity contribution is -0.121. The Morgan fingerprint density at radius 3 is 2.69 bits per heavy atom. The van der Waals surface area contributed by atoms with Gasteiger partial charge in [0.1, 0.15) is 0 Å². The lowest BCUT2D eigenvalue weighted by Gasteiger charge is -2.13. The molecule has 0 radical (unpaired) electrons. The molecule has 1 N–H and O–H groups in total. The van der Waals surface area contributed by atoms with Crippen molar-refractivity contribution in [2.45, 2.75) is 25.8 Å². The van der Waals surface area contributed by atoms with Crippen molar-refractivity contribution in [2.24, 2.45) is 0 Å². The van der Waals surface area contributed by atoms with E-state index in [1.807, 2.05) is 10.8 Å². The molecule has 1 aromatic heterocycles. The molecule has 0 aliphatic carbocycles. The van der Waals surface area contributed by atoms with E-state index in [0.29, 0.717) is 24.1 Å². The van der Waals surface area contributed by atoms with Crippen molar-refractivity contribution >= 4 is 33.7 Å². The summed E-state index contributed by atoms with van der Waals surface area (Å²) in [6.07, 6.45) is 6.87. The van der Waals surface area contributed by atoms with E-state index in [9.17, 15) is 14.4 Å². The van der Waals surface area contributed by atoms with E-state index in [1.54, 1.807) is 30.7 Å². The molecular weight excluding hydrogens is 400 g/mol. The highest BCUT2D eigenvalue weighted by Crippen LogP contribution is 2.26. The smallest absolute Gasteiger partial charge is 0.261 e. The van der Waals surface area contributed by atoms with Gasteiger partial charge in [-0.05, 0) is 31.0 Å². The normalized spacial score (nSPS) is 13.2. The number of aryl methyl sites for hydroxylation is 1. The highest BCUT2D eigenvalue weighted by Gasteiger charge is 2.35.